The molecule has 0 saturated carbocycles. The van der Waals surface area contributed by atoms with E-state index >= 15 is 0 Å². The van der Waals surface area contributed by atoms with Gasteiger partial charge < -0.3 is 19.4 Å². The van der Waals surface area contributed by atoms with E-state index in [1.807, 2.05) is 24.4 Å². The molecular formula is C15H18N2O3. The Morgan fingerprint density at radius 1 is 1.30 bits per heavy atom. The Morgan fingerprint density at radius 3 is 2.95 bits per heavy atom. The normalized spacial score (nSPS) is 15.5. The highest BCUT2D eigenvalue weighted by atomic mass is 16.6. The van der Waals surface area contributed by atoms with Crippen LogP contribution in [0.1, 0.15) is 5.56 Å². The summed E-state index contributed by atoms with van der Waals surface area (Å²) < 4.78 is 10.5. The van der Waals surface area contributed by atoms with Gasteiger partial charge in [0.15, 0.2) is 0 Å². The van der Waals surface area contributed by atoms with Crippen LogP contribution >= 0.6 is 0 Å². The summed E-state index contributed by atoms with van der Waals surface area (Å²) in [5, 5.41) is 1.19. The summed E-state index contributed by atoms with van der Waals surface area (Å²) in [7, 11) is 0. The fourth-order valence-corrected chi connectivity index (χ4v) is 2.42. The number of H-pyrrole nitrogens is 1. The lowest BCUT2D eigenvalue weighted by Crippen LogP contribution is -2.41. The van der Waals surface area contributed by atoms with Gasteiger partial charge in [-0.05, 0) is 11.6 Å². The number of amides is 1. The molecular weight excluding hydrogens is 256 g/mol. The monoisotopic (exact) mass is 274 g/mol. The van der Waals surface area contributed by atoms with Crippen molar-refractivity contribution in [1.82, 2.24) is 9.88 Å². The van der Waals surface area contributed by atoms with E-state index in [2.05, 4.69) is 11.1 Å². The molecule has 0 spiro atoms. The third-order valence-corrected chi connectivity index (χ3v) is 3.54. The van der Waals surface area contributed by atoms with Crippen molar-refractivity contribution in [1.29, 1.82) is 0 Å². The summed E-state index contributed by atoms with van der Waals surface area (Å²) >= 11 is 0. The molecule has 2 aromatic rings. The fourth-order valence-electron chi connectivity index (χ4n) is 2.42. The van der Waals surface area contributed by atoms with Crippen molar-refractivity contribution in [2.24, 2.45) is 0 Å². The smallest absolute Gasteiger partial charge is 0.409 e. The Morgan fingerprint density at radius 2 is 2.10 bits per heavy atom. The molecule has 1 fully saturated rings. The van der Waals surface area contributed by atoms with Crippen LogP contribution in [0.3, 0.4) is 0 Å². The van der Waals surface area contributed by atoms with E-state index in [9.17, 15) is 4.79 Å². The third kappa shape index (κ3) is 2.77. The SMILES string of the molecule is O=C(OCCc1c[nH]c2ccccc12)N1CCOCC1. The van der Waals surface area contributed by atoms with Gasteiger partial charge in [0.25, 0.3) is 0 Å². The van der Waals surface area contributed by atoms with Gasteiger partial charge in [0.1, 0.15) is 0 Å². The number of benzene rings is 1. The molecule has 0 radical (unpaired) electrons. The van der Waals surface area contributed by atoms with Gasteiger partial charge in [-0.15, -0.1) is 0 Å². The molecule has 106 valence electrons. The van der Waals surface area contributed by atoms with Crippen molar-refractivity contribution < 1.29 is 14.3 Å². The highest BCUT2D eigenvalue weighted by molar-refractivity contribution is 5.83. The Labute approximate surface area is 117 Å². The third-order valence-electron chi connectivity index (χ3n) is 3.54. The predicted molar refractivity (Wildman–Crippen MR) is 75.7 cm³/mol. The number of nitrogens with one attached hydrogen (secondary N) is 1. The quantitative estimate of drug-likeness (QED) is 0.933. The molecule has 0 aliphatic carbocycles. The second-order valence-corrected chi connectivity index (χ2v) is 4.82. The van der Waals surface area contributed by atoms with Gasteiger partial charge in [-0.2, -0.15) is 0 Å². The van der Waals surface area contributed by atoms with E-state index in [-0.39, 0.29) is 6.09 Å². The average Bonchev–Trinajstić information content (AvgIpc) is 2.92. The molecule has 20 heavy (non-hydrogen) atoms. The lowest BCUT2D eigenvalue weighted by molar-refractivity contribution is 0.0275. The topological polar surface area (TPSA) is 54.6 Å². The maximum atomic E-state index is 11.8. The minimum Gasteiger partial charge on any atom is -0.449 e. The Bertz CT molecular complexity index is 588. The van der Waals surface area contributed by atoms with Gasteiger partial charge in [-0.1, -0.05) is 18.2 Å². The van der Waals surface area contributed by atoms with E-state index in [1.165, 1.54) is 10.9 Å². The van der Waals surface area contributed by atoms with Crippen LogP contribution in [0.4, 0.5) is 4.79 Å². The molecule has 1 aromatic heterocycles. The number of morpholine rings is 1. The summed E-state index contributed by atoms with van der Waals surface area (Å²) in [5.41, 5.74) is 2.29. The molecule has 1 aliphatic heterocycles. The van der Waals surface area contributed by atoms with E-state index < -0.39 is 0 Å². The second-order valence-electron chi connectivity index (χ2n) is 4.82. The largest absolute Gasteiger partial charge is 0.449 e. The molecule has 1 saturated heterocycles. The number of aromatic nitrogens is 1. The highest BCUT2D eigenvalue weighted by Gasteiger charge is 2.17. The van der Waals surface area contributed by atoms with Crippen LogP contribution in [-0.2, 0) is 15.9 Å². The number of fused-ring (bicyclic) bond motifs is 1. The number of carbonyl (C=O) groups excluding carboxylic acids is 1. The molecule has 5 nitrogen and oxygen atoms in total. The zero-order valence-electron chi connectivity index (χ0n) is 11.3. The van der Waals surface area contributed by atoms with Crippen LogP contribution < -0.4 is 0 Å². The molecule has 2 heterocycles. The van der Waals surface area contributed by atoms with E-state index in [0.29, 0.717) is 32.9 Å². The number of para-hydroxylation sites is 1. The van der Waals surface area contributed by atoms with Crippen molar-refractivity contribution in [2.45, 2.75) is 6.42 Å². The van der Waals surface area contributed by atoms with Gasteiger partial charge in [-0.25, -0.2) is 4.79 Å². The van der Waals surface area contributed by atoms with Crippen LogP contribution in [0.25, 0.3) is 10.9 Å². The molecule has 0 atom stereocenters. The number of hydrogen-bond acceptors (Lipinski definition) is 3. The molecule has 5 heteroatoms. The first kappa shape index (κ1) is 13.0. The molecule has 1 N–H and O–H groups in total. The van der Waals surface area contributed by atoms with E-state index in [0.717, 1.165) is 11.9 Å². The first-order chi connectivity index (χ1) is 9.84. The van der Waals surface area contributed by atoms with Crippen LogP contribution in [0, 0.1) is 0 Å². The lowest BCUT2D eigenvalue weighted by Gasteiger charge is -2.25. The molecule has 3 rings (SSSR count). The van der Waals surface area contributed by atoms with Crippen molar-refractivity contribution in [3.63, 3.8) is 0 Å². The zero-order chi connectivity index (χ0) is 13.8. The van der Waals surface area contributed by atoms with Gasteiger partial charge in [0.05, 0.1) is 19.8 Å². The summed E-state index contributed by atoms with van der Waals surface area (Å²) in [5.74, 6) is 0. The van der Waals surface area contributed by atoms with Crippen molar-refractivity contribution in [2.75, 3.05) is 32.9 Å². The van der Waals surface area contributed by atoms with Gasteiger partial charge in [0.2, 0.25) is 0 Å². The Kier molecular flexibility index (Phi) is 3.87. The standard InChI is InChI=1S/C15H18N2O3/c18-15(17-6-9-19-10-7-17)20-8-5-12-11-16-14-4-2-1-3-13(12)14/h1-4,11,16H,5-10H2. The molecule has 1 amide bonds. The summed E-state index contributed by atoms with van der Waals surface area (Å²) in [6.07, 6.45) is 2.46. The van der Waals surface area contributed by atoms with Crippen molar-refractivity contribution in [3.8, 4) is 0 Å². The van der Waals surface area contributed by atoms with Crippen molar-refractivity contribution >= 4 is 17.0 Å². The molecule has 0 bridgehead atoms. The summed E-state index contributed by atoms with van der Waals surface area (Å²) in [6.45, 7) is 2.82. The minimum atomic E-state index is -0.242. The number of aromatic amines is 1. The Balaban J connectivity index is 1.53. The fraction of sp³-hybridized carbons (Fsp3) is 0.400. The predicted octanol–water partition coefficient (Wildman–Crippen LogP) is 2.18. The maximum Gasteiger partial charge on any atom is 0.409 e. The van der Waals surface area contributed by atoms with Crippen molar-refractivity contribution in [3.05, 3.63) is 36.0 Å². The second kappa shape index (κ2) is 5.96. The average molecular weight is 274 g/mol. The van der Waals surface area contributed by atoms with Crippen LogP contribution in [0.5, 0.6) is 0 Å². The summed E-state index contributed by atoms with van der Waals surface area (Å²) in [6, 6.07) is 8.13. The van der Waals surface area contributed by atoms with Gasteiger partial charge in [-0.3, -0.25) is 0 Å². The summed E-state index contributed by atoms with van der Waals surface area (Å²) in [4.78, 5) is 16.7. The van der Waals surface area contributed by atoms with E-state index in [4.69, 9.17) is 9.47 Å². The number of ether oxygens (including phenoxy) is 2. The number of hydrogen-bond donors (Lipinski definition) is 1. The van der Waals surface area contributed by atoms with Crippen LogP contribution in [-0.4, -0.2) is 48.9 Å². The number of carbonyl (C=O) groups is 1. The first-order valence-electron chi connectivity index (χ1n) is 6.89. The molecule has 0 unspecified atom stereocenters. The van der Waals surface area contributed by atoms with E-state index in [1.54, 1.807) is 4.90 Å². The number of rotatable bonds is 3. The lowest BCUT2D eigenvalue weighted by atomic mass is 10.1. The minimum absolute atomic E-state index is 0.242. The highest BCUT2D eigenvalue weighted by Crippen LogP contribution is 2.18. The molecule has 1 aliphatic rings. The van der Waals surface area contributed by atoms with Gasteiger partial charge in [0, 0.05) is 36.6 Å². The Hall–Kier alpha value is -2.01. The van der Waals surface area contributed by atoms with Crippen LogP contribution in [0.2, 0.25) is 0 Å². The van der Waals surface area contributed by atoms with Crippen LogP contribution in [0.15, 0.2) is 30.5 Å². The first-order valence-corrected chi connectivity index (χ1v) is 6.89. The number of nitrogens with zero attached hydrogens (tertiary/aromatic N) is 1. The zero-order valence-corrected chi connectivity index (χ0v) is 11.3. The molecule has 1 aromatic carbocycles. The van der Waals surface area contributed by atoms with Gasteiger partial charge >= 0.3 is 6.09 Å². The maximum absolute atomic E-state index is 11.8.